The van der Waals surface area contributed by atoms with Gasteiger partial charge in [0.2, 0.25) is 0 Å². The Hall–Kier alpha value is -1.74. The third-order valence-electron chi connectivity index (χ3n) is 3.34. The molecule has 1 unspecified atom stereocenters. The lowest BCUT2D eigenvalue weighted by molar-refractivity contribution is 0.537. The zero-order chi connectivity index (χ0) is 14.5. The summed E-state index contributed by atoms with van der Waals surface area (Å²) < 4.78 is 26.6. The molecule has 2 rings (SSSR count). The van der Waals surface area contributed by atoms with E-state index in [1.807, 2.05) is 24.3 Å². The monoisotopic (exact) mass is 275 g/mol. The molecule has 3 heteroatoms. The van der Waals surface area contributed by atoms with Crippen LogP contribution in [-0.4, -0.2) is 6.54 Å². The molecule has 0 heterocycles. The second-order valence-electron chi connectivity index (χ2n) is 4.80. The number of hydrogen-bond donors (Lipinski definition) is 1. The number of halogens is 2. The number of hydrogen-bond acceptors (Lipinski definition) is 1. The summed E-state index contributed by atoms with van der Waals surface area (Å²) in [7, 11) is 0. The van der Waals surface area contributed by atoms with E-state index in [-0.39, 0.29) is 6.04 Å². The van der Waals surface area contributed by atoms with Crippen LogP contribution in [0, 0.1) is 11.6 Å². The third-order valence-corrected chi connectivity index (χ3v) is 3.34. The molecule has 0 saturated heterocycles. The first-order valence-corrected chi connectivity index (χ1v) is 6.93. The van der Waals surface area contributed by atoms with Gasteiger partial charge in [0, 0.05) is 12.1 Å². The van der Waals surface area contributed by atoms with Crippen molar-refractivity contribution in [2.45, 2.75) is 26.3 Å². The summed E-state index contributed by atoms with van der Waals surface area (Å²) >= 11 is 0. The van der Waals surface area contributed by atoms with E-state index in [0.29, 0.717) is 5.56 Å². The second-order valence-corrected chi connectivity index (χ2v) is 4.80. The van der Waals surface area contributed by atoms with Crippen molar-refractivity contribution >= 4 is 0 Å². The van der Waals surface area contributed by atoms with Crippen LogP contribution in [-0.2, 0) is 0 Å². The molecular weight excluding hydrogens is 256 g/mol. The van der Waals surface area contributed by atoms with Crippen molar-refractivity contribution in [3.05, 3.63) is 59.7 Å². The van der Waals surface area contributed by atoms with Crippen LogP contribution < -0.4 is 5.32 Å². The fourth-order valence-electron chi connectivity index (χ4n) is 2.40. The zero-order valence-corrected chi connectivity index (χ0v) is 11.8. The zero-order valence-electron chi connectivity index (χ0n) is 11.8. The molecule has 1 N–H and O–H groups in total. The van der Waals surface area contributed by atoms with E-state index in [9.17, 15) is 8.78 Å². The molecule has 1 atom stereocenters. The Kier molecular flexibility index (Phi) is 4.85. The van der Waals surface area contributed by atoms with E-state index in [1.54, 1.807) is 0 Å². The van der Waals surface area contributed by atoms with Gasteiger partial charge >= 0.3 is 0 Å². The molecule has 0 spiro atoms. The largest absolute Gasteiger partial charge is 0.310 e. The highest BCUT2D eigenvalue weighted by Gasteiger charge is 2.09. The summed E-state index contributed by atoms with van der Waals surface area (Å²) in [5, 5.41) is 3.40. The van der Waals surface area contributed by atoms with Crippen LogP contribution in [0.25, 0.3) is 11.1 Å². The molecule has 0 radical (unpaired) electrons. The van der Waals surface area contributed by atoms with Gasteiger partial charge in [0.1, 0.15) is 11.6 Å². The van der Waals surface area contributed by atoms with Gasteiger partial charge in [-0.25, -0.2) is 8.78 Å². The molecule has 20 heavy (non-hydrogen) atoms. The minimum Gasteiger partial charge on any atom is -0.310 e. The first-order chi connectivity index (χ1) is 9.63. The number of nitrogens with one attached hydrogen (secondary N) is 1. The Labute approximate surface area is 118 Å². The van der Waals surface area contributed by atoms with Crippen molar-refractivity contribution in [1.82, 2.24) is 5.32 Å². The third kappa shape index (κ3) is 3.42. The van der Waals surface area contributed by atoms with Crippen molar-refractivity contribution in [1.29, 1.82) is 0 Å². The van der Waals surface area contributed by atoms with E-state index in [4.69, 9.17) is 0 Å². The summed E-state index contributed by atoms with van der Waals surface area (Å²) in [5.41, 5.74) is 2.53. The molecule has 0 aliphatic heterocycles. The highest BCUT2D eigenvalue weighted by Crippen LogP contribution is 2.26. The van der Waals surface area contributed by atoms with Gasteiger partial charge in [-0.1, -0.05) is 32.0 Å². The maximum absolute atomic E-state index is 13.3. The fraction of sp³-hybridized carbons (Fsp3) is 0.294. The van der Waals surface area contributed by atoms with Crippen LogP contribution >= 0.6 is 0 Å². The lowest BCUT2D eigenvalue weighted by Crippen LogP contribution is -2.19. The molecule has 1 nitrogen and oxygen atoms in total. The maximum Gasteiger partial charge on any atom is 0.126 e. The average molecular weight is 275 g/mol. The SMILES string of the molecule is CCNC(CC)c1cccc(-c2cc(F)cc(F)c2)c1. The van der Waals surface area contributed by atoms with Crippen LogP contribution in [0.2, 0.25) is 0 Å². The number of rotatable bonds is 5. The Morgan fingerprint density at radius 1 is 0.950 bits per heavy atom. The highest BCUT2D eigenvalue weighted by atomic mass is 19.1. The van der Waals surface area contributed by atoms with E-state index < -0.39 is 11.6 Å². The standard InChI is InChI=1S/C17H19F2N/c1-3-17(20-4-2)13-7-5-6-12(8-13)14-9-15(18)11-16(19)10-14/h5-11,17,20H,3-4H2,1-2H3. The molecule has 0 aliphatic rings. The van der Waals surface area contributed by atoms with Gasteiger partial charge in [-0.05, 0) is 47.9 Å². The van der Waals surface area contributed by atoms with E-state index in [0.717, 1.165) is 30.2 Å². The van der Waals surface area contributed by atoms with E-state index in [1.165, 1.54) is 12.1 Å². The Bertz CT molecular complexity index is 561. The lowest BCUT2D eigenvalue weighted by Gasteiger charge is -2.17. The van der Waals surface area contributed by atoms with Gasteiger partial charge in [0.25, 0.3) is 0 Å². The van der Waals surface area contributed by atoms with Crippen LogP contribution in [0.5, 0.6) is 0 Å². The summed E-state index contributed by atoms with van der Waals surface area (Å²) in [6.07, 6.45) is 0.967. The van der Waals surface area contributed by atoms with Crippen LogP contribution in [0.15, 0.2) is 42.5 Å². The second kappa shape index (κ2) is 6.62. The van der Waals surface area contributed by atoms with Gasteiger partial charge in [-0.3, -0.25) is 0 Å². The van der Waals surface area contributed by atoms with Gasteiger partial charge in [-0.2, -0.15) is 0 Å². The molecule has 0 aromatic heterocycles. The molecular formula is C17H19F2N. The van der Waals surface area contributed by atoms with Crippen LogP contribution in [0.4, 0.5) is 8.78 Å². The fourth-order valence-corrected chi connectivity index (χ4v) is 2.40. The molecule has 106 valence electrons. The summed E-state index contributed by atoms with van der Waals surface area (Å²) in [6, 6.07) is 11.7. The van der Waals surface area contributed by atoms with Crippen molar-refractivity contribution < 1.29 is 8.78 Å². The maximum atomic E-state index is 13.3. The first kappa shape index (κ1) is 14.7. The lowest BCUT2D eigenvalue weighted by atomic mass is 9.98. The molecule has 0 amide bonds. The van der Waals surface area contributed by atoms with Crippen LogP contribution in [0.3, 0.4) is 0 Å². The molecule has 2 aromatic rings. The minimum absolute atomic E-state index is 0.262. The van der Waals surface area contributed by atoms with Gasteiger partial charge in [0.15, 0.2) is 0 Å². The summed E-state index contributed by atoms with van der Waals surface area (Å²) in [5.74, 6) is -1.10. The van der Waals surface area contributed by atoms with Crippen molar-refractivity contribution in [3.8, 4) is 11.1 Å². The molecule has 0 fully saturated rings. The van der Waals surface area contributed by atoms with Gasteiger partial charge in [-0.15, -0.1) is 0 Å². The average Bonchev–Trinajstić information content (AvgIpc) is 2.44. The topological polar surface area (TPSA) is 12.0 Å². The molecule has 0 saturated carbocycles. The predicted molar refractivity (Wildman–Crippen MR) is 78.5 cm³/mol. The Morgan fingerprint density at radius 3 is 2.25 bits per heavy atom. The minimum atomic E-state index is -0.552. The Balaban J connectivity index is 2.38. The number of benzene rings is 2. The molecule has 0 aliphatic carbocycles. The van der Waals surface area contributed by atoms with Crippen molar-refractivity contribution in [2.75, 3.05) is 6.54 Å². The van der Waals surface area contributed by atoms with Gasteiger partial charge < -0.3 is 5.32 Å². The van der Waals surface area contributed by atoms with Crippen molar-refractivity contribution in [2.24, 2.45) is 0 Å². The summed E-state index contributed by atoms with van der Waals surface area (Å²) in [6.45, 7) is 5.06. The smallest absolute Gasteiger partial charge is 0.126 e. The van der Waals surface area contributed by atoms with Gasteiger partial charge in [0.05, 0.1) is 0 Å². The Morgan fingerprint density at radius 2 is 1.65 bits per heavy atom. The summed E-state index contributed by atoms with van der Waals surface area (Å²) in [4.78, 5) is 0. The van der Waals surface area contributed by atoms with Crippen molar-refractivity contribution in [3.63, 3.8) is 0 Å². The quantitative estimate of drug-likeness (QED) is 0.834. The van der Waals surface area contributed by atoms with E-state index >= 15 is 0 Å². The van der Waals surface area contributed by atoms with E-state index in [2.05, 4.69) is 19.2 Å². The highest BCUT2D eigenvalue weighted by molar-refractivity contribution is 5.64. The molecule has 0 bridgehead atoms. The predicted octanol–water partition coefficient (Wildman–Crippen LogP) is 4.69. The normalized spacial score (nSPS) is 12.4. The van der Waals surface area contributed by atoms with Crippen LogP contribution in [0.1, 0.15) is 31.9 Å². The first-order valence-electron chi connectivity index (χ1n) is 6.93. The molecule has 2 aromatic carbocycles.